The van der Waals surface area contributed by atoms with Crippen molar-refractivity contribution in [3.05, 3.63) is 30.3 Å². The van der Waals surface area contributed by atoms with Crippen molar-refractivity contribution in [2.24, 2.45) is 5.10 Å². The highest BCUT2D eigenvalue weighted by Gasteiger charge is 2.15. The van der Waals surface area contributed by atoms with Crippen LogP contribution in [0.1, 0.15) is 0 Å². The van der Waals surface area contributed by atoms with Gasteiger partial charge in [-0.15, -0.1) is 16.7 Å². The number of alkyl halides is 1. The van der Waals surface area contributed by atoms with Gasteiger partial charge >= 0.3 is 0 Å². The first-order chi connectivity index (χ1) is 6.40. The van der Waals surface area contributed by atoms with E-state index in [0.29, 0.717) is 18.5 Å². The fourth-order valence-electron chi connectivity index (χ4n) is 1.13. The Morgan fingerprint density at radius 1 is 1.38 bits per heavy atom. The molecule has 3 nitrogen and oxygen atoms in total. The number of hydrazone groups is 1. The Kier molecular flexibility index (Phi) is 2.36. The van der Waals surface area contributed by atoms with Crippen LogP contribution in [-0.2, 0) is 4.74 Å². The monoisotopic (exact) mass is 196 g/mol. The molecule has 4 heteroatoms. The fourth-order valence-corrected chi connectivity index (χ4v) is 1.26. The summed E-state index contributed by atoms with van der Waals surface area (Å²) in [4.78, 5) is 0. The van der Waals surface area contributed by atoms with E-state index in [0.717, 1.165) is 5.69 Å². The van der Waals surface area contributed by atoms with Gasteiger partial charge in [0.05, 0.1) is 5.69 Å². The first-order valence-corrected chi connectivity index (χ1v) is 4.52. The van der Waals surface area contributed by atoms with Crippen molar-refractivity contribution in [2.75, 3.05) is 17.6 Å². The maximum atomic E-state index is 5.58. The number of hydrogen-bond donors (Lipinski definition) is 0. The van der Waals surface area contributed by atoms with Crippen molar-refractivity contribution in [3.63, 3.8) is 0 Å². The molecule has 1 heterocycles. The number of halogens is 1. The summed E-state index contributed by atoms with van der Waals surface area (Å²) >= 11 is 5.58. The van der Waals surface area contributed by atoms with Crippen LogP contribution in [0.25, 0.3) is 0 Å². The third-order valence-corrected chi connectivity index (χ3v) is 1.98. The van der Waals surface area contributed by atoms with Crippen LogP contribution in [0.15, 0.2) is 35.4 Å². The quantitative estimate of drug-likeness (QED) is 0.677. The summed E-state index contributed by atoms with van der Waals surface area (Å²) in [5.41, 5.74) is 1.02. The predicted molar refractivity (Wildman–Crippen MR) is 53.0 cm³/mol. The predicted octanol–water partition coefficient (Wildman–Crippen LogP) is 2.03. The molecule has 0 saturated carbocycles. The Balaban J connectivity index is 2.16. The van der Waals surface area contributed by atoms with E-state index in [2.05, 4.69) is 5.10 Å². The molecule has 1 aliphatic heterocycles. The Morgan fingerprint density at radius 3 is 2.77 bits per heavy atom. The SMILES string of the molecule is ClCC1=NN(c2ccccc2)CO1. The van der Waals surface area contributed by atoms with Crippen molar-refractivity contribution >= 4 is 23.2 Å². The Bertz CT molecular complexity index is 313. The third kappa shape index (κ3) is 1.75. The lowest BCUT2D eigenvalue weighted by atomic mass is 10.3. The summed E-state index contributed by atoms with van der Waals surface area (Å²) in [6.45, 7) is 0.450. The van der Waals surface area contributed by atoms with E-state index in [1.54, 1.807) is 5.01 Å². The van der Waals surface area contributed by atoms with E-state index in [1.807, 2.05) is 30.3 Å². The second-order valence-electron chi connectivity index (χ2n) is 2.64. The largest absolute Gasteiger partial charge is 0.456 e. The van der Waals surface area contributed by atoms with Crippen LogP contribution in [0.2, 0.25) is 0 Å². The van der Waals surface area contributed by atoms with Crippen LogP contribution in [0.4, 0.5) is 5.69 Å². The summed E-state index contributed by atoms with van der Waals surface area (Å²) in [6, 6.07) is 9.84. The average Bonchev–Trinajstić information content (AvgIpc) is 2.67. The summed E-state index contributed by atoms with van der Waals surface area (Å²) in [5.74, 6) is 0.897. The van der Waals surface area contributed by atoms with Gasteiger partial charge in [0.1, 0.15) is 5.88 Å². The number of hydrogen-bond acceptors (Lipinski definition) is 3. The van der Waals surface area contributed by atoms with Crippen molar-refractivity contribution in [2.45, 2.75) is 0 Å². The summed E-state index contributed by atoms with van der Waals surface area (Å²) in [5, 5.41) is 5.95. The molecule has 0 atom stereocenters. The fraction of sp³-hybridized carbons (Fsp3) is 0.222. The normalized spacial score (nSPS) is 15.5. The number of anilines is 1. The molecule has 1 aliphatic rings. The zero-order valence-electron chi connectivity index (χ0n) is 6.98. The van der Waals surface area contributed by atoms with Gasteiger partial charge in [-0.05, 0) is 12.1 Å². The van der Waals surface area contributed by atoms with Crippen molar-refractivity contribution in [3.8, 4) is 0 Å². The van der Waals surface area contributed by atoms with Gasteiger partial charge in [0.2, 0.25) is 5.90 Å². The van der Waals surface area contributed by atoms with E-state index in [9.17, 15) is 0 Å². The minimum atomic E-state index is 0.323. The summed E-state index contributed by atoms with van der Waals surface area (Å²) < 4.78 is 5.21. The molecule has 0 saturated heterocycles. The van der Waals surface area contributed by atoms with Crippen LogP contribution in [0.3, 0.4) is 0 Å². The van der Waals surface area contributed by atoms with E-state index in [-0.39, 0.29) is 0 Å². The molecule has 0 N–H and O–H groups in total. The number of benzene rings is 1. The lowest BCUT2D eigenvalue weighted by Crippen LogP contribution is -2.12. The molecule has 0 radical (unpaired) electrons. The van der Waals surface area contributed by atoms with E-state index in [1.165, 1.54) is 0 Å². The van der Waals surface area contributed by atoms with Gasteiger partial charge in [0.15, 0.2) is 6.73 Å². The summed E-state index contributed by atoms with van der Waals surface area (Å²) in [6.07, 6.45) is 0. The first-order valence-electron chi connectivity index (χ1n) is 3.99. The molecule has 0 bridgehead atoms. The lowest BCUT2D eigenvalue weighted by Gasteiger charge is -2.09. The zero-order chi connectivity index (χ0) is 9.10. The van der Waals surface area contributed by atoms with Gasteiger partial charge < -0.3 is 4.74 Å². The molecule has 0 spiro atoms. The summed E-state index contributed by atoms with van der Waals surface area (Å²) in [7, 11) is 0. The molecule has 0 aliphatic carbocycles. The molecule has 0 aromatic heterocycles. The molecule has 0 amide bonds. The minimum Gasteiger partial charge on any atom is -0.456 e. The average molecular weight is 197 g/mol. The van der Waals surface area contributed by atoms with Crippen molar-refractivity contribution < 1.29 is 4.74 Å². The van der Waals surface area contributed by atoms with Crippen molar-refractivity contribution in [1.82, 2.24) is 0 Å². The van der Waals surface area contributed by atoms with Gasteiger partial charge in [-0.1, -0.05) is 18.2 Å². The number of rotatable bonds is 2. The van der Waals surface area contributed by atoms with Gasteiger partial charge in [0, 0.05) is 0 Å². The van der Waals surface area contributed by atoms with Crippen LogP contribution in [-0.4, -0.2) is 18.5 Å². The zero-order valence-corrected chi connectivity index (χ0v) is 7.74. The van der Waals surface area contributed by atoms with Gasteiger partial charge in [-0.2, -0.15) is 0 Å². The Hall–Kier alpha value is -1.22. The lowest BCUT2D eigenvalue weighted by molar-refractivity contribution is 0.335. The Labute approximate surface area is 81.6 Å². The Morgan fingerprint density at radius 2 is 2.15 bits per heavy atom. The molecule has 2 rings (SSSR count). The molecular formula is C9H9ClN2O. The molecule has 0 unspecified atom stereocenters. The number of para-hydroxylation sites is 1. The topological polar surface area (TPSA) is 24.8 Å². The molecule has 13 heavy (non-hydrogen) atoms. The standard InChI is InChI=1S/C9H9ClN2O/c10-6-9-11-12(7-13-9)8-4-2-1-3-5-8/h1-5H,6-7H2. The molecular weight excluding hydrogens is 188 g/mol. The number of nitrogens with zero attached hydrogens (tertiary/aromatic N) is 2. The van der Waals surface area contributed by atoms with Gasteiger partial charge in [-0.25, -0.2) is 5.01 Å². The highest BCUT2D eigenvalue weighted by Crippen LogP contribution is 2.17. The van der Waals surface area contributed by atoms with Crippen LogP contribution >= 0.6 is 11.6 Å². The maximum Gasteiger partial charge on any atom is 0.223 e. The molecule has 1 aromatic carbocycles. The van der Waals surface area contributed by atoms with Gasteiger partial charge in [0.25, 0.3) is 0 Å². The highest BCUT2D eigenvalue weighted by molar-refractivity contribution is 6.27. The second kappa shape index (κ2) is 3.66. The van der Waals surface area contributed by atoms with E-state index < -0.39 is 0 Å². The van der Waals surface area contributed by atoms with Crippen LogP contribution in [0, 0.1) is 0 Å². The van der Waals surface area contributed by atoms with Crippen LogP contribution < -0.4 is 5.01 Å². The van der Waals surface area contributed by atoms with E-state index >= 15 is 0 Å². The molecule has 0 fully saturated rings. The molecule has 68 valence electrons. The first kappa shape index (κ1) is 8.38. The second-order valence-corrected chi connectivity index (χ2v) is 2.90. The number of ether oxygens (including phenoxy) is 1. The highest BCUT2D eigenvalue weighted by atomic mass is 35.5. The minimum absolute atomic E-state index is 0.323. The van der Waals surface area contributed by atoms with E-state index in [4.69, 9.17) is 16.3 Å². The molecule has 1 aromatic rings. The van der Waals surface area contributed by atoms with Crippen LogP contribution in [0.5, 0.6) is 0 Å². The third-order valence-electron chi connectivity index (χ3n) is 1.75. The van der Waals surface area contributed by atoms with Crippen molar-refractivity contribution in [1.29, 1.82) is 0 Å². The smallest absolute Gasteiger partial charge is 0.223 e. The maximum absolute atomic E-state index is 5.58. The van der Waals surface area contributed by atoms with Gasteiger partial charge in [-0.3, -0.25) is 0 Å².